The molecule has 0 spiro atoms. The van der Waals surface area contributed by atoms with Gasteiger partial charge in [0.1, 0.15) is 0 Å². The molecule has 1 unspecified atom stereocenters. The lowest BCUT2D eigenvalue weighted by Gasteiger charge is -2.28. The van der Waals surface area contributed by atoms with Gasteiger partial charge in [-0.2, -0.15) is 5.26 Å². The van der Waals surface area contributed by atoms with E-state index in [4.69, 9.17) is 5.26 Å². The molecule has 1 saturated heterocycles. The second kappa shape index (κ2) is 6.90. The summed E-state index contributed by atoms with van der Waals surface area (Å²) in [6, 6.07) is 2.34. The number of nitrogens with zero attached hydrogens (tertiary/aromatic N) is 2. The molecule has 0 amide bonds. The van der Waals surface area contributed by atoms with Crippen molar-refractivity contribution in [2.75, 3.05) is 20.1 Å². The molecule has 2 nitrogen and oxygen atoms in total. The summed E-state index contributed by atoms with van der Waals surface area (Å²) in [4.78, 5) is 2.43. The summed E-state index contributed by atoms with van der Waals surface area (Å²) >= 11 is 0. The van der Waals surface area contributed by atoms with Gasteiger partial charge in [0.15, 0.2) is 0 Å². The van der Waals surface area contributed by atoms with Crippen molar-refractivity contribution < 1.29 is 0 Å². The first-order chi connectivity index (χ1) is 9.61. The maximum atomic E-state index is 9.15. The van der Waals surface area contributed by atoms with Gasteiger partial charge in [0.2, 0.25) is 0 Å². The molecule has 1 aliphatic carbocycles. The van der Waals surface area contributed by atoms with E-state index in [-0.39, 0.29) is 0 Å². The first-order valence-electron chi connectivity index (χ1n) is 7.79. The minimum atomic E-state index is -0.438. The summed E-state index contributed by atoms with van der Waals surface area (Å²) < 4.78 is 0. The largest absolute Gasteiger partial charge is 0.306 e. The van der Waals surface area contributed by atoms with Crippen molar-refractivity contribution in [1.29, 1.82) is 5.26 Å². The molecule has 0 aromatic rings. The SMILES string of the molecule is CN1CCC(CCCC2=CC=CC(C)(C#N)C=C2)CC1. The van der Waals surface area contributed by atoms with Crippen molar-refractivity contribution in [3.05, 3.63) is 36.0 Å². The minimum absolute atomic E-state index is 0.438. The molecule has 0 N–H and O–H groups in total. The molecule has 0 saturated carbocycles. The van der Waals surface area contributed by atoms with Crippen LogP contribution in [0.4, 0.5) is 0 Å². The van der Waals surface area contributed by atoms with E-state index in [9.17, 15) is 0 Å². The number of likely N-dealkylation sites (tertiary alicyclic amines) is 1. The molecule has 1 aliphatic heterocycles. The van der Waals surface area contributed by atoms with Crippen LogP contribution in [-0.2, 0) is 0 Å². The molecule has 1 fully saturated rings. The highest BCUT2D eigenvalue weighted by Crippen LogP contribution is 2.26. The van der Waals surface area contributed by atoms with E-state index in [0.717, 1.165) is 12.3 Å². The standard InChI is InChI=1S/C18H26N2/c1-18(15-19)11-4-7-16(8-12-18)5-3-6-17-9-13-20(2)14-10-17/h4,7-8,11-12,17H,3,5-6,9-10,13-14H2,1-2H3. The van der Waals surface area contributed by atoms with Crippen molar-refractivity contribution in [2.24, 2.45) is 11.3 Å². The van der Waals surface area contributed by atoms with E-state index in [0.29, 0.717) is 0 Å². The molecule has 0 radical (unpaired) electrons. The molecule has 0 bridgehead atoms. The van der Waals surface area contributed by atoms with Crippen LogP contribution in [-0.4, -0.2) is 25.0 Å². The lowest BCUT2D eigenvalue weighted by atomic mass is 9.90. The number of allylic oxidation sites excluding steroid dienone is 6. The van der Waals surface area contributed by atoms with Crippen LogP contribution in [0.5, 0.6) is 0 Å². The average Bonchev–Trinajstić information content (AvgIpc) is 2.64. The second-order valence-electron chi connectivity index (χ2n) is 6.47. The normalized spacial score (nSPS) is 27.9. The van der Waals surface area contributed by atoms with E-state index in [1.807, 2.05) is 25.2 Å². The summed E-state index contributed by atoms with van der Waals surface area (Å²) in [6.45, 7) is 4.47. The molecule has 2 heteroatoms. The molecule has 1 atom stereocenters. The fraction of sp³-hybridized carbons (Fsp3) is 0.611. The molecule has 2 aliphatic rings. The third-order valence-corrected chi connectivity index (χ3v) is 4.55. The van der Waals surface area contributed by atoms with Gasteiger partial charge in [-0.25, -0.2) is 0 Å². The molecular formula is C18H26N2. The Morgan fingerprint density at radius 1 is 1.35 bits per heavy atom. The average molecular weight is 270 g/mol. The van der Waals surface area contributed by atoms with Gasteiger partial charge in [-0.15, -0.1) is 0 Å². The maximum Gasteiger partial charge on any atom is 0.0911 e. The Morgan fingerprint density at radius 2 is 2.10 bits per heavy atom. The summed E-state index contributed by atoms with van der Waals surface area (Å²) in [5.74, 6) is 0.918. The quantitative estimate of drug-likeness (QED) is 0.769. The van der Waals surface area contributed by atoms with Gasteiger partial charge in [-0.3, -0.25) is 0 Å². The minimum Gasteiger partial charge on any atom is -0.306 e. The topological polar surface area (TPSA) is 27.0 Å². The third kappa shape index (κ3) is 4.35. The lowest BCUT2D eigenvalue weighted by molar-refractivity contribution is 0.210. The number of rotatable bonds is 4. The number of hydrogen-bond donors (Lipinski definition) is 0. The molecule has 20 heavy (non-hydrogen) atoms. The van der Waals surface area contributed by atoms with Gasteiger partial charge in [-0.1, -0.05) is 36.8 Å². The Labute approximate surface area is 123 Å². The van der Waals surface area contributed by atoms with Gasteiger partial charge in [-0.05, 0) is 64.2 Å². The first-order valence-corrected chi connectivity index (χ1v) is 7.79. The summed E-state index contributed by atoms with van der Waals surface area (Å²) in [5.41, 5.74) is 0.916. The van der Waals surface area contributed by atoms with Gasteiger partial charge in [0.05, 0.1) is 11.5 Å². The highest BCUT2D eigenvalue weighted by molar-refractivity contribution is 5.34. The van der Waals surface area contributed by atoms with Crippen LogP contribution >= 0.6 is 0 Å². The van der Waals surface area contributed by atoms with Crippen LogP contribution in [0.25, 0.3) is 0 Å². The fourth-order valence-electron chi connectivity index (χ4n) is 2.95. The highest BCUT2D eigenvalue weighted by atomic mass is 15.1. The lowest BCUT2D eigenvalue weighted by Crippen LogP contribution is -2.30. The monoisotopic (exact) mass is 270 g/mol. The zero-order valence-corrected chi connectivity index (χ0v) is 12.8. The fourth-order valence-corrected chi connectivity index (χ4v) is 2.95. The molecular weight excluding hydrogens is 244 g/mol. The Morgan fingerprint density at radius 3 is 2.80 bits per heavy atom. The predicted octanol–water partition coefficient (Wildman–Crippen LogP) is 4.08. The molecule has 2 rings (SSSR count). The van der Waals surface area contributed by atoms with Gasteiger partial charge < -0.3 is 4.90 Å². The Bertz CT molecular complexity index is 445. The Kier molecular flexibility index (Phi) is 5.20. The van der Waals surface area contributed by atoms with Crippen LogP contribution in [0, 0.1) is 22.7 Å². The highest BCUT2D eigenvalue weighted by Gasteiger charge is 2.18. The first kappa shape index (κ1) is 15.1. The van der Waals surface area contributed by atoms with Crippen molar-refractivity contribution in [2.45, 2.75) is 39.0 Å². The van der Waals surface area contributed by atoms with Crippen LogP contribution in [0.1, 0.15) is 39.0 Å². The molecule has 1 heterocycles. The van der Waals surface area contributed by atoms with Gasteiger partial charge in [0, 0.05) is 0 Å². The summed E-state index contributed by atoms with van der Waals surface area (Å²) in [7, 11) is 2.22. The van der Waals surface area contributed by atoms with Crippen LogP contribution < -0.4 is 0 Å². The van der Waals surface area contributed by atoms with Crippen LogP contribution in [0.15, 0.2) is 36.0 Å². The van der Waals surface area contributed by atoms with E-state index in [2.05, 4.69) is 30.2 Å². The summed E-state index contributed by atoms with van der Waals surface area (Å²) in [6.07, 6.45) is 16.8. The molecule has 0 aromatic carbocycles. The molecule has 108 valence electrons. The zero-order chi connectivity index (χ0) is 14.4. The number of nitriles is 1. The van der Waals surface area contributed by atoms with Gasteiger partial charge >= 0.3 is 0 Å². The van der Waals surface area contributed by atoms with Crippen molar-refractivity contribution >= 4 is 0 Å². The van der Waals surface area contributed by atoms with E-state index >= 15 is 0 Å². The van der Waals surface area contributed by atoms with Crippen LogP contribution in [0.2, 0.25) is 0 Å². The van der Waals surface area contributed by atoms with Gasteiger partial charge in [0.25, 0.3) is 0 Å². The number of hydrogen-bond acceptors (Lipinski definition) is 2. The van der Waals surface area contributed by atoms with E-state index < -0.39 is 5.41 Å². The van der Waals surface area contributed by atoms with E-state index in [1.165, 1.54) is 44.3 Å². The third-order valence-electron chi connectivity index (χ3n) is 4.55. The predicted molar refractivity (Wildman–Crippen MR) is 84.2 cm³/mol. The number of piperidine rings is 1. The van der Waals surface area contributed by atoms with Crippen molar-refractivity contribution in [3.8, 4) is 6.07 Å². The zero-order valence-electron chi connectivity index (χ0n) is 12.8. The van der Waals surface area contributed by atoms with Crippen LogP contribution in [0.3, 0.4) is 0 Å². The van der Waals surface area contributed by atoms with Crippen molar-refractivity contribution in [3.63, 3.8) is 0 Å². The Balaban J connectivity index is 1.75. The smallest absolute Gasteiger partial charge is 0.0911 e. The maximum absolute atomic E-state index is 9.15. The summed E-state index contributed by atoms with van der Waals surface area (Å²) in [5, 5.41) is 9.15. The van der Waals surface area contributed by atoms with Crippen molar-refractivity contribution in [1.82, 2.24) is 4.90 Å². The second-order valence-corrected chi connectivity index (χ2v) is 6.47. The molecule has 0 aromatic heterocycles. The Hall–Kier alpha value is -1.33. The van der Waals surface area contributed by atoms with E-state index in [1.54, 1.807) is 0 Å².